The highest BCUT2D eigenvalue weighted by molar-refractivity contribution is 7.89. The third kappa shape index (κ3) is 3.08. The van der Waals surface area contributed by atoms with E-state index in [1.165, 1.54) is 10.4 Å². The number of rotatable bonds is 4. The lowest BCUT2D eigenvalue weighted by molar-refractivity contribution is 0.342. The second-order valence-electron chi connectivity index (χ2n) is 3.60. The SMILES string of the molecule is C/C(=C/CO)CS(=O)(=O)N1CCCC1. The van der Waals surface area contributed by atoms with Gasteiger partial charge < -0.3 is 5.11 Å². The molecule has 1 N–H and O–H groups in total. The Morgan fingerprint density at radius 2 is 2.00 bits per heavy atom. The molecule has 0 unspecified atom stereocenters. The second kappa shape index (κ2) is 4.91. The van der Waals surface area contributed by atoms with Gasteiger partial charge in [-0.1, -0.05) is 11.6 Å². The maximum Gasteiger partial charge on any atom is 0.217 e. The molecule has 1 saturated heterocycles. The maximum absolute atomic E-state index is 11.7. The van der Waals surface area contributed by atoms with E-state index in [-0.39, 0.29) is 12.4 Å². The van der Waals surface area contributed by atoms with Gasteiger partial charge in [0.2, 0.25) is 10.0 Å². The van der Waals surface area contributed by atoms with Gasteiger partial charge in [-0.25, -0.2) is 12.7 Å². The average molecular weight is 219 g/mol. The number of nitrogens with zero attached hydrogens (tertiary/aromatic N) is 1. The lowest BCUT2D eigenvalue weighted by atomic mass is 10.3. The predicted molar refractivity (Wildman–Crippen MR) is 55.4 cm³/mol. The van der Waals surface area contributed by atoms with Crippen molar-refractivity contribution in [2.45, 2.75) is 19.8 Å². The molecule has 1 aliphatic heterocycles. The van der Waals surface area contributed by atoms with Crippen LogP contribution in [-0.4, -0.2) is 43.3 Å². The first-order chi connectivity index (χ1) is 6.56. The Kier molecular flexibility index (Phi) is 4.10. The average Bonchev–Trinajstić information content (AvgIpc) is 2.54. The first-order valence-electron chi connectivity index (χ1n) is 4.80. The molecule has 0 aromatic carbocycles. The standard InChI is InChI=1S/C9H17NO3S/c1-9(4-7-11)8-14(12,13)10-5-2-3-6-10/h4,11H,2-3,5-8H2,1H3/b9-4-. The lowest BCUT2D eigenvalue weighted by Gasteiger charge is -2.15. The van der Waals surface area contributed by atoms with Gasteiger partial charge in [0.15, 0.2) is 0 Å². The van der Waals surface area contributed by atoms with Crippen LogP contribution in [0.15, 0.2) is 11.6 Å². The first-order valence-corrected chi connectivity index (χ1v) is 6.41. The molecular weight excluding hydrogens is 202 g/mol. The van der Waals surface area contributed by atoms with E-state index in [0.29, 0.717) is 18.7 Å². The normalized spacial score (nSPS) is 20.3. The molecule has 1 heterocycles. The van der Waals surface area contributed by atoms with Crippen molar-refractivity contribution in [1.29, 1.82) is 0 Å². The third-order valence-electron chi connectivity index (χ3n) is 2.31. The quantitative estimate of drug-likeness (QED) is 0.694. The van der Waals surface area contributed by atoms with Gasteiger partial charge in [-0.2, -0.15) is 0 Å². The number of hydrogen-bond acceptors (Lipinski definition) is 3. The van der Waals surface area contributed by atoms with Crippen LogP contribution >= 0.6 is 0 Å². The monoisotopic (exact) mass is 219 g/mol. The van der Waals surface area contributed by atoms with Gasteiger partial charge in [-0.15, -0.1) is 0 Å². The first kappa shape index (κ1) is 11.7. The summed E-state index contributed by atoms with van der Waals surface area (Å²) in [5.41, 5.74) is 0.708. The zero-order chi connectivity index (χ0) is 10.6. The predicted octanol–water partition coefficient (Wildman–Crippen LogP) is 0.351. The van der Waals surface area contributed by atoms with Gasteiger partial charge in [0.1, 0.15) is 0 Å². The van der Waals surface area contributed by atoms with Crippen LogP contribution in [-0.2, 0) is 10.0 Å². The van der Waals surface area contributed by atoms with E-state index in [0.717, 1.165) is 12.8 Å². The van der Waals surface area contributed by atoms with Crippen molar-refractivity contribution in [3.8, 4) is 0 Å². The maximum atomic E-state index is 11.7. The highest BCUT2D eigenvalue weighted by Crippen LogP contribution is 2.14. The Balaban J connectivity index is 2.61. The molecule has 0 aromatic rings. The van der Waals surface area contributed by atoms with Crippen molar-refractivity contribution in [2.24, 2.45) is 0 Å². The summed E-state index contributed by atoms with van der Waals surface area (Å²) in [5, 5.41) is 8.61. The summed E-state index contributed by atoms with van der Waals surface area (Å²) < 4.78 is 25.0. The molecule has 1 aliphatic rings. The molecule has 0 aliphatic carbocycles. The fourth-order valence-corrected chi connectivity index (χ4v) is 3.25. The van der Waals surface area contributed by atoms with Gasteiger partial charge in [-0.05, 0) is 19.8 Å². The topological polar surface area (TPSA) is 57.6 Å². The van der Waals surface area contributed by atoms with E-state index in [1.54, 1.807) is 6.92 Å². The molecule has 0 saturated carbocycles. The van der Waals surface area contributed by atoms with Crippen LogP contribution in [0.3, 0.4) is 0 Å². The zero-order valence-electron chi connectivity index (χ0n) is 8.44. The summed E-state index contributed by atoms with van der Waals surface area (Å²) in [7, 11) is -3.13. The number of aliphatic hydroxyl groups is 1. The highest BCUT2D eigenvalue weighted by atomic mass is 32.2. The van der Waals surface area contributed by atoms with E-state index in [4.69, 9.17) is 5.11 Å². The minimum Gasteiger partial charge on any atom is -0.392 e. The Hall–Kier alpha value is -0.390. The van der Waals surface area contributed by atoms with E-state index in [2.05, 4.69) is 0 Å². The fraction of sp³-hybridized carbons (Fsp3) is 0.778. The summed E-state index contributed by atoms with van der Waals surface area (Å²) in [6.45, 7) is 2.93. The van der Waals surface area contributed by atoms with Crippen molar-refractivity contribution in [2.75, 3.05) is 25.4 Å². The second-order valence-corrected chi connectivity index (χ2v) is 5.56. The Morgan fingerprint density at radius 1 is 1.43 bits per heavy atom. The minimum absolute atomic E-state index is 0.0353. The summed E-state index contributed by atoms with van der Waals surface area (Å²) in [4.78, 5) is 0. The molecule has 5 heteroatoms. The van der Waals surface area contributed by atoms with Crippen LogP contribution in [0.5, 0.6) is 0 Å². The third-order valence-corrected chi connectivity index (χ3v) is 4.28. The van der Waals surface area contributed by atoms with E-state index in [9.17, 15) is 8.42 Å². The minimum atomic E-state index is -3.13. The van der Waals surface area contributed by atoms with Crippen molar-refractivity contribution in [3.05, 3.63) is 11.6 Å². The van der Waals surface area contributed by atoms with Crippen molar-refractivity contribution < 1.29 is 13.5 Å². The molecule has 0 aromatic heterocycles. The Labute approximate surface area is 85.3 Å². The summed E-state index contributed by atoms with van der Waals surface area (Å²) in [5.74, 6) is 0.0353. The number of aliphatic hydroxyl groups excluding tert-OH is 1. The van der Waals surface area contributed by atoms with E-state index < -0.39 is 10.0 Å². The Morgan fingerprint density at radius 3 is 2.50 bits per heavy atom. The van der Waals surface area contributed by atoms with Crippen molar-refractivity contribution >= 4 is 10.0 Å². The highest BCUT2D eigenvalue weighted by Gasteiger charge is 2.24. The lowest BCUT2D eigenvalue weighted by Crippen LogP contribution is -2.30. The molecule has 14 heavy (non-hydrogen) atoms. The van der Waals surface area contributed by atoms with Crippen LogP contribution in [0.25, 0.3) is 0 Å². The summed E-state index contributed by atoms with van der Waals surface area (Å²) in [6.07, 6.45) is 3.46. The molecule has 0 atom stereocenters. The smallest absolute Gasteiger partial charge is 0.217 e. The molecule has 1 fully saturated rings. The molecule has 0 radical (unpaired) electrons. The number of hydrogen-bond donors (Lipinski definition) is 1. The van der Waals surface area contributed by atoms with Crippen LogP contribution in [0.2, 0.25) is 0 Å². The van der Waals surface area contributed by atoms with Crippen LogP contribution in [0.4, 0.5) is 0 Å². The molecular formula is C9H17NO3S. The molecule has 0 bridgehead atoms. The molecule has 1 rings (SSSR count). The van der Waals surface area contributed by atoms with Crippen LogP contribution in [0, 0.1) is 0 Å². The molecule has 0 amide bonds. The molecule has 0 spiro atoms. The number of sulfonamides is 1. The van der Waals surface area contributed by atoms with Crippen molar-refractivity contribution in [1.82, 2.24) is 4.31 Å². The van der Waals surface area contributed by atoms with Gasteiger partial charge in [0.05, 0.1) is 12.4 Å². The summed E-state index contributed by atoms with van der Waals surface area (Å²) in [6, 6.07) is 0. The van der Waals surface area contributed by atoms with Crippen molar-refractivity contribution in [3.63, 3.8) is 0 Å². The zero-order valence-corrected chi connectivity index (χ0v) is 9.26. The van der Waals surface area contributed by atoms with Gasteiger partial charge >= 0.3 is 0 Å². The Bertz CT molecular complexity index is 302. The van der Waals surface area contributed by atoms with Gasteiger partial charge in [-0.3, -0.25) is 0 Å². The molecule has 82 valence electrons. The van der Waals surface area contributed by atoms with Crippen LogP contribution < -0.4 is 0 Å². The van der Waals surface area contributed by atoms with Gasteiger partial charge in [0.25, 0.3) is 0 Å². The summed E-state index contributed by atoms with van der Waals surface area (Å²) >= 11 is 0. The largest absolute Gasteiger partial charge is 0.392 e. The fourth-order valence-electron chi connectivity index (χ4n) is 1.56. The van der Waals surface area contributed by atoms with E-state index >= 15 is 0 Å². The van der Waals surface area contributed by atoms with E-state index in [1.807, 2.05) is 0 Å². The molecule has 4 nitrogen and oxygen atoms in total. The van der Waals surface area contributed by atoms with Gasteiger partial charge in [0, 0.05) is 13.1 Å². The van der Waals surface area contributed by atoms with Crippen LogP contribution in [0.1, 0.15) is 19.8 Å².